The zero-order chi connectivity index (χ0) is 19.3. The number of methoxy groups -OCH3 is 3. The molecule has 1 heterocycles. The zero-order valence-electron chi connectivity index (χ0n) is 14.8. The number of rotatable bonds is 7. The molecule has 9 nitrogen and oxygen atoms in total. The van der Waals surface area contributed by atoms with Crippen LogP contribution in [0.25, 0.3) is 0 Å². The Morgan fingerprint density at radius 3 is 2.15 bits per heavy atom. The fourth-order valence-corrected chi connectivity index (χ4v) is 2.57. The minimum atomic E-state index is -3.78. The number of ether oxygens (including phenoxy) is 3. The van der Waals surface area contributed by atoms with Crippen molar-refractivity contribution in [2.75, 3.05) is 26.8 Å². The molecule has 0 aliphatic carbocycles. The molecular weight excluding hydrogens is 360 g/mol. The second-order valence-corrected chi connectivity index (χ2v) is 6.71. The Hall–Kier alpha value is -2.85. The third-order valence-electron chi connectivity index (χ3n) is 3.49. The molecule has 0 saturated carbocycles. The molecule has 0 bridgehead atoms. The van der Waals surface area contributed by atoms with Gasteiger partial charge in [0.2, 0.25) is 15.8 Å². The van der Waals surface area contributed by atoms with Crippen LogP contribution in [0.2, 0.25) is 0 Å². The number of nitrogens with two attached hydrogens (primary N) is 1. The van der Waals surface area contributed by atoms with Crippen LogP contribution in [-0.4, -0.2) is 40.4 Å². The molecule has 26 heavy (non-hydrogen) atoms. The summed E-state index contributed by atoms with van der Waals surface area (Å²) in [4.78, 5) is 3.88. The van der Waals surface area contributed by atoms with Gasteiger partial charge in [-0.15, -0.1) is 0 Å². The second-order valence-electron chi connectivity index (χ2n) is 5.15. The van der Waals surface area contributed by atoms with Gasteiger partial charge in [-0.05, 0) is 31.2 Å². The Morgan fingerprint density at radius 2 is 1.73 bits per heavy atom. The number of benzene rings is 1. The molecule has 10 heteroatoms. The molecule has 0 aliphatic rings. The van der Waals surface area contributed by atoms with Crippen LogP contribution < -0.4 is 24.8 Å². The van der Waals surface area contributed by atoms with Crippen molar-refractivity contribution < 1.29 is 22.6 Å². The number of hydrogen-bond acceptors (Lipinski definition) is 8. The number of hydrazone groups is 1. The van der Waals surface area contributed by atoms with Crippen molar-refractivity contribution in [1.82, 2.24) is 4.98 Å². The van der Waals surface area contributed by atoms with Crippen molar-refractivity contribution in [3.8, 4) is 17.2 Å². The number of hydrogen-bond donors (Lipinski definition) is 2. The van der Waals surface area contributed by atoms with E-state index in [0.29, 0.717) is 28.8 Å². The summed E-state index contributed by atoms with van der Waals surface area (Å²) in [6.07, 6.45) is 1.15. The number of pyridine rings is 1. The molecule has 1 aromatic carbocycles. The Morgan fingerprint density at radius 1 is 1.12 bits per heavy atom. The summed E-state index contributed by atoms with van der Waals surface area (Å²) < 4.78 is 38.4. The van der Waals surface area contributed by atoms with Crippen LogP contribution in [0.4, 0.5) is 5.82 Å². The van der Waals surface area contributed by atoms with Gasteiger partial charge in [0.25, 0.3) is 0 Å². The average molecular weight is 380 g/mol. The highest BCUT2D eigenvalue weighted by Gasteiger charge is 2.14. The SMILES string of the molecule is COc1cc(/C(C)=N/Nc2ccc(S(N)(=O)=O)cn2)cc(OC)c1OC. The molecule has 1 aromatic heterocycles. The number of primary sulfonamides is 1. The predicted octanol–water partition coefficient (Wildman–Crippen LogP) is 1.59. The molecule has 3 N–H and O–H groups in total. The number of sulfonamides is 1. The number of aromatic nitrogens is 1. The molecule has 0 saturated heterocycles. The third kappa shape index (κ3) is 4.41. The maximum atomic E-state index is 11.2. The van der Waals surface area contributed by atoms with Crippen molar-refractivity contribution in [3.63, 3.8) is 0 Å². The lowest BCUT2D eigenvalue weighted by atomic mass is 10.1. The molecule has 0 fully saturated rings. The highest BCUT2D eigenvalue weighted by molar-refractivity contribution is 7.89. The molecule has 0 spiro atoms. The summed E-state index contributed by atoms with van der Waals surface area (Å²) in [5, 5.41) is 9.27. The normalized spacial score (nSPS) is 11.8. The summed E-state index contributed by atoms with van der Waals surface area (Å²) in [6, 6.07) is 6.33. The van der Waals surface area contributed by atoms with E-state index in [1.807, 2.05) is 0 Å². The Kier molecular flexibility index (Phi) is 6.01. The summed E-state index contributed by atoms with van der Waals surface area (Å²) in [5.41, 5.74) is 4.12. The molecule has 0 aliphatic heterocycles. The first-order valence-corrected chi connectivity index (χ1v) is 8.94. The van der Waals surface area contributed by atoms with E-state index in [-0.39, 0.29) is 4.90 Å². The summed E-state index contributed by atoms with van der Waals surface area (Å²) >= 11 is 0. The fourth-order valence-electron chi connectivity index (χ4n) is 2.11. The maximum absolute atomic E-state index is 11.2. The van der Waals surface area contributed by atoms with Crippen molar-refractivity contribution in [2.24, 2.45) is 10.2 Å². The van der Waals surface area contributed by atoms with Crippen molar-refractivity contribution in [1.29, 1.82) is 0 Å². The van der Waals surface area contributed by atoms with Gasteiger partial charge in [0, 0.05) is 11.8 Å². The van der Waals surface area contributed by atoms with Crippen LogP contribution in [0.1, 0.15) is 12.5 Å². The highest BCUT2D eigenvalue weighted by atomic mass is 32.2. The van der Waals surface area contributed by atoms with E-state index in [2.05, 4.69) is 15.5 Å². The van der Waals surface area contributed by atoms with E-state index in [4.69, 9.17) is 19.3 Å². The molecule has 0 radical (unpaired) electrons. The summed E-state index contributed by atoms with van der Waals surface area (Å²) in [6.45, 7) is 1.78. The van der Waals surface area contributed by atoms with Gasteiger partial charge in [0.05, 0.1) is 27.0 Å². The largest absolute Gasteiger partial charge is 0.493 e. The van der Waals surface area contributed by atoms with Gasteiger partial charge in [-0.3, -0.25) is 5.43 Å². The Labute approximate surface area is 151 Å². The van der Waals surface area contributed by atoms with Gasteiger partial charge >= 0.3 is 0 Å². The quantitative estimate of drug-likeness (QED) is 0.552. The topological polar surface area (TPSA) is 125 Å². The first-order valence-electron chi connectivity index (χ1n) is 7.39. The molecule has 2 aromatic rings. The summed E-state index contributed by atoms with van der Waals surface area (Å²) in [5.74, 6) is 1.86. The smallest absolute Gasteiger partial charge is 0.239 e. The van der Waals surface area contributed by atoms with E-state index >= 15 is 0 Å². The standard InChI is InChI=1S/C16H20N4O5S/c1-10(11-7-13(23-2)16(25-4)14(8-11)24-3)19-20-15-6-5-12(9-18-15)26(17,21)22/h5-9H,1-4H3,(H,18,20)(H2,17,21,22)/b19-10+. The second kappa shape index (κ2) is 8.02. The maximum Gasteiger partial charge on any atom is 0.239 e. The molecule has 0 atom stereocenters. The molecule has 0 unspecified atom stereocenters. The minimum absolute atomic E-state index is 0.0756. The van der Waals surface area contributed by atoms with Crippen molar-refractivity contribution >= 4 is 21.6 Å². The van der Waals surface area contributed by atoms with Gasteiger partial charge < -0.3 is 14.2 Å². The predicted molar refractivity (Wildman–Crippen MR) is 97.5 cm³/mol. The monoisotopic (exact) mass is 380 g/mol. The van der Waals surface area contributed by atoms with E-state index in [9.17, 15) is 8.42 Å². The lowest BCUT2D eigenvalue weighted by Crippen LogP contribution is -2.12. The van der Waals surface area contributed by atoms with E-state index in [0.717, 1.165) is 11.8 Å². The molecule has 2 rings (SSSR count). The van der Waals surface area contributed by atoms with Crippen LogP contribution in [0, 0.1) is 0 Å². The van der Waals surface area contributed by atoms with E-state index in [1.54, 1.807) is 19.1 Å². The number of nitrogens with one attached hydrogen (secondary N) is 1. The van der Waals surface area contributed by atoms with Gasteiger partial charge in [0.15, 0.2) is 11.5 Å². The Bertz CT molecular complexity index is 886. The van der Waals surface area contributed by atoms with E-state index < -0.39 is 10.0 Å². The lowest BCUT2D eigenvalue weighted by Gasteiger charge is -2.14. The lowest BCUT2D eigenvalue weighted by molar-refractivity contribution is 0.324. The van der Waals surface area contributed by atoms with Crippen LogP contribution in [0.3, 0.4) is 0 Å². The summed E-state index contributed by atoms with van der Waals surface area (Å²) in [7, 11) is 0.807. The van der Waals surface area contributed by atoms with Crippen molar-refractivity contribution in [3.05, 3.63) is 36.0 Å². The first kappa shape index (κ1) is 19.5. The van der Waals surface area contributed by atoms with Gasteiger partial charge in [-0.25, -0.2) is 18.5 Å². The van der Waals surface area contributed by atoms with Crippen LogP contribution >= 0.6 is 0 Å². The van der Waals surface area contributed by atoms with Crippen LogP contribution in [0.15, 0.2) is 40.5 Å². The Balaban J connectivity index is 2.27. The molecule has 0 amide bonds. The van der Waals surface area contributed by atoms with E-state index in [1.165, 1.54) is 33.5 Å². The van der Waals surface area contributed by atoms with Gasteiger partial charge in [-0.1, -0.05) is 0 Å². The van der Waals surface area contributed by atoms with Crippen LogP contribution in [-0.2, 0) is 10.0 Å². The van der Waals surface area contributed by atoms with Gasteiger partial charge in [0.1, 0.15) is 10.7 Å². The molecule has 140 valence electrons. The zero-order valence-corrected chi connectivity index (χ0v) is 15.6. The third-order valence-corrected chi connectivity index (χ3v) is 4.38. The number of anilines is 1. The number of nitrogens with zero attached hydrogens (tertiary/aromatic N) is 2. The first-order chi connectivity index (χ1) is 12.3. The average Bonchev–Trinajstić information content (AvgIpc) is 2.64. The van der Waals surface area contributed by atoms with Crippen LogP contribution in [0.5, 0.6) is 17.2 Å². The molecular formula is C16H20N4O5S. The highest BCUT2D eigenvalue weighted by Crippen LogP contribution is 2.38. The minimum Gasteiger partial charge on any atom is -0.493 e. The van der Waals surface area contributed by atoms with Gasteiger partial charge in [-0.2, -0.15) is 5.10 Å². The van der Waals surface area contributed by atoms with Crippen molar-refractivity contribution in [2.45, 2.75) is 11.8 Å². The fraction of sp³-hybridized carbons (Fsp3) is 0.250.